The van der Waals surface area contributed by atoms with Gasteiger partial charge < -0.3 is 10.2 Å². The number of carbonyl (C=O) groups excluding carboxylic acids is 2. The summed E-state index contributed by atoms with van der Waals surface area (Å²) in [5, 5.41) is 5.54. The number of nitrogens with one attached hydrogen (secondary N) is 1. The van der Waals surface area contributed by atoms with Crippen molar-refractivity contribution in [2.24, 2.45) is 0 Å². The van der Waals surface area contributed by atoms with Gasteiger partial charge in [0.25, 0.3) is 0 Å². The van der Waals surface area contributed by atoms with Crippen LogP contribution < -0.4 is 5.32 Å². The summed E-state index contributed by atoms with van der Waals surface area (Å²) in [5.74, 6) is -0.0819. The molecule has 0 aromatic carbocycles. The van der Waals surface area contributed by atoms with E-state index < -0.39 is 5.54 Å². The van der Waals surface area contributed by atoms with Crippen molar-refractivity contribution in [1.82, 2.24) is 15.2 Å². The van der Waals surface area contributed by atoms with E-state index in [1.165, 1.54) is 11.3 Å². The lowest BCUT2D eigenvalue weighted by Crippen LogP contribution is -2.66. The Hall–Kier alpha value is -1.43. The van der Waals surface area contributed by atoms with E-state index in [2.05, 4.69) is 10.3 Å². The van der Waals surface area contributed by atoms with E-state index in [-0.39, 0.29) is 18.4 Å². The summed E-state index contributed by atoms with van der Waals surface area (Å²) in [6.07, 6.45) is 1.23. The van der Waals surface area contributed by atoms with Crippen LogP contribution in [0.1, 0.15) is 37.4 Å². The molecule has 0 bridgehead atoms. The molecule has 1 N–H and O–H groups in total. The second-order valence-corrected chi connectivity index (χ2v) is 5.73. The summed E-state index contributed by atoms with van der Waals surface area (Å²) in [6.45, 7) is 6.33. The lowest BCUT2D eigenvalue weighted by Gasteiger charge is -2.44. The minimum absolute atomic E-state index is 0.0313. The van der Waals surface area contributed by atoms with Crippen molar-refractivity contribution in [3.05, 3.63) is 16.1 Å². The lowest BCUT2D eigenvalue weighted by molar-refractivity contribution is -0.155. The molecule has 0 atom stereocenters. The van der Waals surface area contributed by atoms with Crippen molar-refractivity contribution in [3.8, 4) is 0 Å². The van der Waals surface area contributed by atoms with Crippen LogP contribution in [0.2, 0.25) is 0 Å². The van der Waals surface area contributed by atoms with Gasteiger partial charge in [0.2, 0.25) is 11.8 Å². The highest BCUT2D eigenvalue weighted by atomic mass is 32.1. The van der Waals surface area contributed by atoms with Gasteiger partial charge in [-0.15, -0.1) is 11.3 Å². The van der Waals surface area contributed by atoms with E-state index >= 15 is 0 Å². The molecule has 0 unspecified atom stereocenters. The number of aryl methyl sites for hydroxylation is 1. The third-order valence-electron chi connectivity index (χ3n) is 3.77. The number of carbonyl (C=O) groups is 2. The van der Waals surface area contributed by atoms with E-state index in [9.17, 15) is 9.59 Å². The number of nitrogens with zero attached hydrogens (tertiary/aromatic N) is 2. The summed E-state index contributed by atoms with van der Waals surface area (Å²) in [5.41, 5.74) is 0.224. The van der Waals surface area contributed by atoms with Crippen LogP contribution in [0.4, 0.5) is 0 Å². The molecule has 6 heteroatoms. The van der Waals surface area contributed by atoms with Crippen LogP contribution in [-0.4, -0.2) is 33.8 Å². The highest BCUT2D eigenvalue weighted by Crippen LogP contribution is 2.29. The van der Waals surface area contributed by atoms with Gasteiger partial charge in [-0.3, -0.25) is 9.59 Å². The normalized spacial score (nSPS) is 18.6. The fourth-order valence-electron chi connectivity index (χ4n) is 2.58. The minimum Gasteiger partial charge on any atom is -0.345 e. The summed E-state index contributed by atoms with van der Waals surface area (Å²) in [4.78, 5) is 30.5. The SMILES string of the molecule is CCC1(CC)C(=O)NCC(=O)N1Cc1nc(C)cs1. The molecule has 1 saturated heterocycles. The number of rotatable bonds is 4. The molecule has 1 aliphatic heterocycles. The maximum absolute atomic E-state index is 12.2. The maximum Gasteiger partial charge on any atom is 0.246 e. The summed E-state index contributed by atoms with van der Waals surface area (Å²) >= 11 is 1.53. The molecule has 2 rings (SSSR count). The molecule has 19 heavy (non-hydrogen) atoms. The van der Waals surface area contributed by atoms with Gasteiger partial charge in [0.1, 0.15) is 10.5 Å². The predicted octanol–water partition coefficient (Wildman–Crippen LogP) is 1.47. The first-order chi connectivity index (χ1) is 9.03. The van der Waals surface area contributed by atoms with Crippen molar-refractivity contribution in [1.29, 1.82) is 0 Å². The molecule has 1 fully saturated rings. The molecule has 1 aliphatic rings. The number of thiazole rings is 1. The molecule has 0 spiro atoms. The van der Waals surface area contributed by atoms with Gasteiger partial charge in [-0.1, -0.05) is 13.8 Å². The number of piperazine rings is 1. The van der Waals surface area contributed by atoms with E-state index in [1.807, 2.05) is 26.2 Å². The number of hydrogen-bond acceptors (Lipinski definition) is 4. The molecular weight excluding hydrogens is 262 g/mol. The third-order valence-corrected chi connectivity index (χ3v) is 4.72. The topological polar surface area (TPSA) is 62.3 Å². The van der Waals surface area contributed by atoms with Crippen molar-refractivity contribution in [3.63, 3.8) is 0 Å². The average molecular weight is 281 g/mol. The van der Waals surface area contributed by atoms with Gasteiger partial charge in [0.05, 0.1) is 13.1 Å². The Labute approximate surface area is 117 Å². The fourth-order valence-corrected chi connectivity index (χ4v) is 3.34. The van der Waals surface area contributed by atoms with Gasteiger partial charge in [-0.2, -0.15) is 0 Å². The molecule has 1 aromatic rings. The Morgan fingerprint density at radius 2 is 2.11 bits per heavy atom. The van der Waals surface area contributed by atoms with Crippen LogP contribution in [-0.2, 0) is 16.1 Å². The first kappa shape index (κ1) is 14.0. The van der Waals surface area contributed by atoms with Crippen molar-refractivity contribution >= 4 is 23.2 Å². The number of aromatic nitrogens is 1. The average Bonchev–Trinajstić information content (AvgIpc) is 2.81. The second kappa shape index (κ2) is 5.28. The van der Waals surface area contributed by atoms with Crippen molar-refractivity contribution in [2.75, 3.05) is 6.54 Å². The Kier molecular flexibility index (Phi) is 3.89. The van der Waals surface area contributed by atoms with Gasteiger partial charge in [-0.05, 0) is 19.8 Å². The van der Waals surface area contributed by atoms with E-state index in [0.717, 1.165) is 10.7 Å². The number of hydrogen-bond donors (Lipinski definition) is 1. The molecule has 0 saturated carbocycles. The Morgan fingerprint density at radius 1 is 1.42 bits per heavy atom. The molecular formula is C13H19N3O2S. The number of amides is 2. The van der Waals surface area contributed by atoms with Crippen LogP contribution in [0, 0.1) is 6.92 Å². The Morgan fingerprint density at radius 3 is 2.63 bits per heavy atom. The van der Waals surface area contributed by atoms with Crippen LogP contribution in [0.5, 0.6) is 0 Å². The molecule has 5 nitrogen and oxygen atoms in total. The van der Waals surface area contributed by atoms with Crippen LogP contribution >= 0.6 is 11.3 Å². The van der Waals surface area contributed by atoms with Crippen LogP contribution in [0.15, 0.2) is 5.38 Å². The largest absolute Gasteiger partial charge is 0.345 e. The van der Waals surface area contributed by atoms with E-state index in [1.54, 1.807) is 4.90 Å². The zero-order valence-corrected chi connectivity index (χ0v) is 12.3. The predicted molar refractivity (Wildman–Crippen MR) is 73.7 cm³/mol. The zero-order valence-electron chi connectivity index (χ0n) is 11.5. The summed E-state index contributed by atoms with van der Waals surface area (Å²) in [6, 6.07) is 0. The zero-order chi connectivity index (χ0) is 14.0. The second-order valence-electron chi connectivity index (χ2n) is 4.78. The summed E-state index contributed by atoms with van der Waals surface area (Å²) < 4.78 is 0. The van der Waals surface area contributed by atoms with Crippen LogP contribution in [0.25, 0.3) is 0 Å². The first-order valence-electron chi connectivity index (χ1n) is 6.53. The van der Waals surface area contributed by atoms with Crippen molar-refractivity contribution in [2.45, 2.75) is 45.7 Å². The van der Waals surface area contributed by atoms with E-state index in [4.69, 9.17) is 0 Å². The maximum atomic E-state index is 12.2. The first-order valence-corrected chi connectivity index (χ1v) is 7.41. The van der Waals surface area contributed by atoms with Crippen molar-refractivity contribution < 1.29 is 9.59 Å². The molecule has 2 amide bonds. The van der Waals surface area contributed by atoms with Gasteiger partial charge in [0, 0.05) is 11.1 Å². The van der Waals surface area contributed by atoms with Gasteiger partial charge in [-0.25, -0.2) is 4.98 Å². The summed E-state index contributed by atoms with van der Waals surface area (Å²) in [7, 11) is 0. The highest BCUT2D eigenvalue weighted by molar-refractivity contribution is 7.09. The van der Waals surface area contributed by atoms with Gasteiger partial charge in [0.15, 0.2) is 0 Å². The van der Waals surface area contributed by atoms with E-state index in [0.29, 0.717) is 19.4 Å². The highest BCUT2D eigenvalue weighted by Gasteiger charge is 2.46. The monoisotopic (exact) mass is 281 g/mol. The molecule has 0 aliphatic carbocycles. The van der Waals surface area contributed by atoms with Crippen LogP contribution in [0.3, 0.4) is 0 Å². The molecule has 1 aromatic heterocycles. The lowest BCUT2D eigenvalue weighted by atomic mass is 9.87. The Bertz CT molecular complexity index is 494. The molecule has 0 radical (unpaired) electrons. The smallest absolute Gasteiger partial charge is 0.246 e. The van der Waals surface area contributed by atoms with Gasteiger partial charge >= 0.3 is 0 Å². The minimum atomic E-state index is -0.727. The Balaban J connectivity index is 2.31. The molecule has 2 heterocycles. The molecule has 104 valence electrons. The standard InChI is InChI=1S/C13H19N3O2S/c1-4-13(5-2)12(18)14-6-11(17)16(13)7-10-15-9(3)8-19-10/h8H,4-7H2,1-3H3,(H,14,18). The quantitative estimate of drug-likeness (QED) is 0.909. The third kappa shape index (κ3) is 2.36. The fraction of sp³-hybridized carbons (Fsp3) is 0.615.